The van der Waals surface area contributed by atoms with Gasteiger partial charge in [0.15, 0.2) is 0 Å². The van der Waals surface area contributed by atoms with Crippen LogP contribution in [0.5, 0.6) is 0 Å². The van der Waals surface area contributed by atoms with Crippen molar-refractivity contribution in [1.29, 1.82) is 5.26 Å². The number of rotatable bonds is 6. The number of nitrogens with zero attached hydrogens (tertiary/aromatic N) is 1. The maximum Gasteiger partial charge on any atom is 0.242 e. The molecule has 5 nitrogen and oxygen atoms in total. The third-order valence-electron chi connectivity index (χ3n) is 3.04. The lowest BCUT2D eigenvalue weighted by atomic mass is 9.92. The quantitative estimate of drug-likeness (QED) is 0.836. The highest BCUT2D eigenvalue weighted by molar-refractivity contribution is 7.89. The summed E-state index contributed by atoms with van der Waals surface area (Å²) in [6.45, 7) is 5.89. The van der Waals surface area contributed by atoms with Crippen molar-refractivity contribution in [3.05, 3.63) is 28.8 Å². The molecule has 7 heteroatoms. The SMILES string of the molecule is CC(C)CC(C)(CN)NS(=O)(=O)c1cc(Cl)ccc1C#N. The number of sulfonamides is 1. The first kappa shape index (κ1) is 17.9. The van der Waals surface area contributed by atoms with E-state index in [0.29, 0.717) is 6.42 Å². The molecule has 0 spiro atoms. The number of nitriles is 1. The van der Waals surface area contributed by atoms with Crippen LogP contribution >= 0.6 is 11.6 Å². The van der Waals surface area contributed by atoms with Gasteiger partial charge in [-0.15, -0.1) is 0 Å². The molecule has 116 valence electrons. The molecule has 0 aliphatic carbocycles. The lowest BCUT2D eigenvalue weighted by molar-refractivity contribution is 0.344. The Morgan fingerprint density at radius 3 is 2.57 bits per heavy atom. The molecule has 1 unspecified atom stereocenters. The standard InChI is InChI=1S/C14H20ClN3O2S/c1-10(2)7-14(3,9-17)18-21(19,20)13-6-12(15)5-4-11(13)8-16/h4-6,10,18H,7,9,17H2,1-3H3. The molecule has 3 N–H and O–H groups in total. The van der Waals surface area contributed by atoms with Gasteiger partial charge >= 0.3 is 0 Å². The van der Waals surface area contributed by atoms with Gasteiger partial charge in [-0.3, -0.25) is 0 Å². The molecule has 0 amide bonds. The van der Waals surface area contributed by atoms with Gasteiger partial charge in [0.1, 0.15) is 11.0 Å². The number of nitrogens with two attached hydrogens (primary N) is 1. The molecule has 0 saturated carbocycles. The zero-order valence-electron chi connectivity index (χ0n) is 12.4. The van der Waals surface area contributed by atoms with E-state index in [1.54, 1.807) is 6.92 Å². The average Bonchev–Trinajstić information content (AvgIpc) is 2.37. The Morgan fingerprint density at radius 2 is 2.10 bits per heavy atom. The first-order valence-electron chi connectivity index (χ1n) is 6.57. The molecular weight excluding hydrogens is 310 g/mol. The fourth-order valence-electron chi connectivity index (χ4n) is 2.26. The minimum Gasteiger partial charge on any atom is -0.329 e. The summed E-state index contributed by atoms with van der Waals surface area (Å²) in [4.78, 5) is -0.124. The number of benzene rings is 1. The van der Waals surface area contributed by atoms with Crippen LogP contribution in [-0.4, -0.2) is 20.5 Å². The molecular formula is C14H20ClN3O2S. The van der Waals surface area contributed by atoms with E-state index in [2.05, 4.69) is 4.72 Å². The number of hydrogen-bond acceptors (Lipinski definition) is 4. The van der Waals surface area contributed by atoms with Gasteiger partial charge in [-0.05, 0) is 37.5 Å². The van der Waals surface area contributed by atoms with Crippen molar-refractivity contribution in [2.75, 3.05) is 6.54 Å². The number of hydrogen-bond donors (Lipinski definition) is 2. The Morgan fingerprint density at radius 1 is 1.48 bits per heavy atom. The lowest BCUT2D eigenvalue weighted by Crippen LogP contribution is -2.52. The van der Waals surface area contributed by atoms with E-state index in [1.807, 2.05) is 19.9 Å². The largest absolute Gasteiger partial charge is 0.329 e. The Balaban J connectivity index is 3.24. The van der Waals surface area contributed by atoms with Crippen LogP contribution in [0.1, 0.15) is 32.8 Å². The molecule has 21 heavy (non-hydrogen) atoms. The fraction of sp³-hybridized carbons (Fsp3) is 0.500. The zero-order valence-corrected chi connectivity index (χ0v) is 13.9. The van der Waals surface area contributed by atoms with Gasteiger partial charge in [-0.25, -0.2) is 13.1 Å². The maximum absolute atomic E-state index is 12.5. The van der Waals surface area contributed by atoms with Crippen molar-refractivity contribution in [2.24, 2.45) is 11.7 Å². The van der Waals surface area contributed by atoms with E-state index in [9.17, 15) is 8.42 Å². The van der Waals surface area contributed by atoms with E-state index in [-0.39, 0.29) is 27.9 Å². The van der Waals surface area contributed by atoms with Crippen molar-refractivity contribution in [1.82, 2.24) is 4.72 Å². The molecule has 0 aromatic heterocycles. The van der Waals surface area contributed by atoms with Gasteiger partial charge in [0.2, 0.25) is 10.0 Å². The monoisotopic (exact) mass is 329 g/mol. The van der Waals surface area contributed by atoms with Crippen LogP contribution in [0, 0.1) is 17.2 Å². The van der Waals surface area contributed by atoms with Gasteiger partial charge in [0.25, 0.3) is 0 Å². The van der Waals surface area contributed by atoms with Crippen LogP contribution in [-0.2, 0) is 10.0 Å². The van der Waals surface area contributed by atoms with Gasteiger partial charge in [-0.1, -0.05) is 25.4 Å². The summed E-state index contributed by atoms with van der Waals surface area (Å²) >= 11 is 5.84. The fourth-order valence-corrected chi connectivity index (χ4v) is 4.11. The highest BCUT2D eigenvalue weighted by atomic mass is 35.5. The summed E-state index contributed by atoms with van der Waals surface area (Å²) in [5.74, 6) is 0.274. The highest BCUT2D eigenvalue weighted by Crippen LogP contribution is 2.24. The minimum absolute atomic E-state index is 0.0517. The van der Waals surface area contributed by atoms with Crippen LogP contribution < -0.4 is 10.5 Å². The average molecular weight is 330 g/mol. The summed E-state index contributed by atoms with van der Waals surface area (Å²) in [6.07, 6.45) is 0.588. The second kappa shape index (κ2) is 6.75. The van der Waals surface area contributed by atoms with E-state index < -0.39 is 15.6 Å². The van der Waals surface area contributed by atoms with Crippen molar-refractivity contribution < 1.29 is 8.42 Å². The third-order valence-corrected chi connectivity index (χ3v) is 4.96. The van der Waals surface area contributed by atoms with Gasteiger partial charge in [0, 0.05) is 17.1 Å². The third kappa shape index (κ3) is 4.68. The number of halogens is 1. The van der Waals surface area contributed by atoms with Gasteiger partial charge < -0.3 is 5.73 Å². The smallest absolute Gasteiger partial charge is 0.242 e. The predicted octanol–water partition coefficient (Wildman–Crippen LogP) is 2.25. The topological polar surface area (TPSA) is 96.0 Å². The summed E-state index contributed by atoms with van der Waals surface area (Å²) in [5, 5.41) is 9.32. The maximum atomic E-state index is 12.5. The molecule has 1 aromatic rings. The van der Waals surface area contributed by atoms with Crippen molar-refractivity contribution in [3.63, 3.8) is 0 Å². The minimum atomic E-state index is -3.88. The molecule has 1 rings (SSSR count). The summed E-state index contributed by atoms with van der Waals surface area (Å²) in [5.41, 5.74) is 5.00. The zero-order chi connectivity index (χ0) is 16.3. The Labute approximate surface area is 131 Å². The molecule has 0 bridgehead atoms. The van der Waals surface area contributed by atoms with Crippen molar-refractivity contribution in [3.8, 4) is 6.07 Å². The van der Waals surface area contributed by atoms with Crippen LogP contribution in [0.4, 0.5) is 0 Å². The Hall–Kier alpha value is -1.13. The summed E-state index contributed by atoms with van der Waals surface area (Å²) in [7, 11) is -3.88. The molecule has 1 atom stereocenters. The highest BCUT2D eigenvalue weighted by Gasteiger charge is 2.31. The van der Waals surface area contributed by atoms with Crippen molar-refractivity contribution >= 4 is 21.6 Å². The lowest BCUT2D eigenvalue weighted by Gasteiger charge is -2.30. The van der Waals surface area contributed by atoms with Crippen LogP contribution in [0.3, 0.4) is 0 Å². The van der Waals surface area contributed by atoms with Crippen LogP contribution in [0.2, 0.25) is 5.02 Å². The first-order valence-corrected chi connectivity index (χ1v) is 8.43. The van der Waals surface area contributed by atoms with E-state index in [0.717, 1.165) is 0 Å². The summed E-state index contributed by atoms with van der Waals surface area (Å²) in [6, 6.07) is 6.01. The van der Waals surface area contributed by atoms with E-state index >= 15 is 0 Å². The predicted molar refractivity (Wildman–Crippen MR) is 83.4 cm³/mol. The van der Waals surface area contributed by atoms with Crippen LogP contribution in [0.15, 0.2) is 23.1 Å². The molecule has 0 aliphatic heterocycles. The first-order chi connectivity index (χ1) is 9.63. The molecule has 0 heterocycles. The molecule has 0 aliphatic rings. The number of nitrogens with one attached hydrogen (secondary N) is 1. The van der Waals surface area contributed by atoms with Gasteiger partial charge in [0.05, 0.1) is 5.56 Å². The van der Waals surface area contributed by atoms with Crippen LogP contribution in [0.25, 0.3) is 0 Å². The van der Waals surface area contributed by atoms with E-state index in [1.165, 1.54) is 18.2 Å². The Bertz CT molecular complexity index is 653. The molecule has 0 fully saturated rings. The molecule has 0 radical (unpaired) electrons. The second-order valence-corrected chi connectivity index (χ2v) is 7.81. The molecule has 1 aromatic carbocycles. The second-order valence-electron chi connectivity index (χ2n) is 5.72. The summed E-state index contributed by atoms with van der Waals surface area (Å²) < 4.78 is 27.7. The molecule has 0 saturated heterocycles. The Kier molecular flexibility index (Phi) is 5.76. The van der Waals surface area contributed by atoms with Crippen molar-refractivity contribution in [2.45, 2.75) is 37.6 Å². The normalized spacial score (nSPS) is 14.7. The van der Waals surface area contributed by atoms with E-state index in [4.69, 9.17) is 22.6 Å². The van der Waals surface area contributed by atoms with Gasteiger partial charge in [-0.2, -0.15) is 5.26 Å².